The first kappa shape index (κ1) is 16.8. The highest BCUT2D eigenvalue weighted by atomic mass is 32.3. The second-order valence-electron chi connectivity index (χ2n) is 6.33. The van der Waals surface area contributed by atoms with Gasteiger partial charge < -0.3 is 18.2 Å². The van der Waals surface area contributed by atoms with Gasteiger partial charge in [0.25, 0.3) is 10.4 Å². The van der Waals surface area contributed by atoms with Crippen molar-refractivity contribution < 1.29 is 21.6 Å². The van der Waals surface area contributed by atoms with Gasteiger partial charge in [-0.25, -0.2) is 8.42 Å². The van der Waals surface area contributed by atoms with E-state index < -0.39 is 10.4 Å². The average molecular weight is 326 g/mol. The van der Waals surface area contributed by atoms with Crippen LogP contribution in [0.1, 0.15) is 19.4 Å². The van der Waals surface area contributed by atoms with Gasteiger partial charge in [0.2, 0.25) is 0 Å². The van der Waals surface area contributed by atoms with Crippen molar-refractivity contribution >= 4 is 21.3 Å². The van der Waals surface area contributed by atoms with Crippen LogP contribution in [0.5, 0.6) is 5.75 Å². The van der Waals surface area contributed by atoms with E-state index in [9.17, 15) is 13.0 Å². The molecule has 1 N–H and O–H groups in total. The number of nitrogens with one attached hydrogen (secondary N) is 1. The molecule has 7 heteroatoms. The molecule has 2 aromatic rings. The first-order valence-corrected chi connectivity index (χ1v) is 8.50. The minimum atomic E-state index is -4.79. The van der Waals surface area contributed by atoms with Crippen molar-refractivity contribution in [3.05, 3.63) is 30.0 Å². The van der Waals surface area contributed by atoms with Crippen molar-refractivity contribution in [3.63, 3.8) is 0 Å². The van der Waals surface area contributed by atoms with Gasteiger partial charge in [0.15, 0.2) is 5.75 Å². The molecule has 0 spiro atoms. The van der Waals surface area contributed by atoms with Gasteiger partial charge in [-0.15, -0.1) is 0 Å². The Bertz CT molecular complexity index is 763. The maximum absolute atomic E-state index is 10.9. The summed E-state index contributed by atoms with van der Waals surface area (Å²) in [5.41, 5.74) is 1.70. The number of aromatic amines is 1. The van der Waals surface area contributed by atoms with Crippen LogP contribution in [0.25, 0.3) is 10.9 Å². The maximum atomic E-state index is 10.9. The zero-order chi connectivity index (χ0) is 16.5. The van der Waals surface area contributed by atoms with E-state index in [1.54, 1.807) is 6.07 Å². The van der Waals surface area contributed by atoms with Crippen LogP contribution in [0, 0.1) is 0 Å². The molecule has 0 bridgehead atoms. The minimum absolute atomic E-state index is 0.0820. The lowest BCUT2D eigenvalue weighted by Crippen LogP contribution is -2.47. The van der Waals surface area contributed by atoms with E-state index in [0.717, 1.165) is 28.5 Å². The van der Waals surface area contributed by atoms with E-state index in [4.69, 9.17) is 0 Å². The molecule has 0 amide bonds. The summed E-state index contributed by atoms with van der Waals surface area (Å²) < 4.78 is 38.1. The molecule has 0 aliphatic rings. The number of hydrogen-bond acceptors (Lipinski definition) is 4. The molecule has 1 heterocycles. The maximum Gasteiger partial charge on any atom is 0.262 e. The monoisotopic (exact) mass is 326 g/mol. The van der Waals surface area contributed by atoms with Gasteiger partial charge in [0.1, 0.15) is 0 Å². The number of hydrogen-bond donors (Lipinski definition) is 1. The predicted octanol–water partition coefficient (Wildman–Crippen LogP) is 2.03. The molecule has 1 aromatic carbocycles. The smallest absolute Gasteiger partial charge is 0.262 e. The normalized spacial score (nSPS) is 13.0. The van der Waals surface area contributed by atoms with Crippen molar-refractivity contribution in [1.82, 2.24) is 4.98 Å². The summed E-state index contributed by atoms with van der Waals surface area (Å²) in [6, 6.07) is 5.45. The number of aromatic nitrogens is 1. The fourth-order valence-corrected chi connectivity index (χ4v) is 2.62. The molecule has 0 fully saturated rings. The molecule has 1 aromatic heterocycles. The number of nitrogens with zero attached hydrogens (tertiary/aromatic N) is 1. The second-order valence-corrected chi connectivity index (χ2v) is 7.31. The third-order valence-electron chi connectivity index (χ3n) is 4.30. The van der Waals surface area contributed by atoms with E-state index in [1.165, 1.54) is 6.07 Å². The summed E-state index contributed by atoms with van der Waals surface area (Å²) in [5.74, 6) is 0.0820. The Hall–Kier alpha value is -1.57. The summed E-state index contributed by atoms with van der Waals surface area (Å²) >= 11 is 0. The number of benzene rings is 1. The topological polar surface area (TPSA) is 82.2 Å². The molecule has 6 nitrogen and oxygen atoms in total. The van der Waals surface area contributed by atoms with Crippen LogP contribution in [0.3, 0.4) is 0 Å². The highest BCUT2D eigenvalue weighted by molar-refractivity contribution is 7.81. The van der Waals surface area contributed by atoms with Gasteiger partial charge >= 0.3 is 0 Å². The Morgan fingerprint density at radius 2 is 2.00 bits per heavy atom. The molecule has 0 aliphatic heterocycles. The SMILES string of the molecule is CC(C)[N+](C)(C)CCc1c[nH]c2cccc(OS(=O)(=O)[O-])c12. The first-order valence-electron chi connectivity index (χ1n) is 7.17. The summed E-state index contributed by atoms with van der Waals surface area (Å²) in [7, 11) is -0.484. The lowest BCUT2D eigenvalue weighted by atomic mass is 10.1. The molecule has 2 rings (SSSR count). The van der Waals surface area contributed by atoms with E-state index in [2.05, 4.69) is 37.1 Å². The number of fused-ring (bicyclic) bond motifs is 1. The Morgan fingerprint density at radius 1 is 1.32 bits per heavy atom. The van der Waals surface area contributed by atoms with Gasteiger partial charge in [-0.3, -0.25) is 0 Å². The molecule has 0 saturated heterocycles. The van der Waals surface area contributed by atoms with Crippen LogP contribution in [-0.4, -0.2) is 49.1 Å². The molecule has 0 atom stereocenters. The number of likely N-dealkylation sites (N-methyl/N-ethyl adjacent to an activating group) is 1. The molecular formula is C15H22N2O4S. The summed E-state index contributed by atoms with van der Waals surface area (Å²) in [6.07, 6.45) is 2.60. The van der Waals surface area contributed by atoms with Crippen molar-refractivity contribution in [2.45, 2.75) is 26.3 Å². The number of H-pyrrole nitrogens is 1. The first-order chi connectivity index (χ1) is 10.1. The van der Waals surface area contributed by atoms with Gasteiger partial charge in [-0.2, -0.15) is 0 Å². The number of rotatable bonds is 6. The van der Waals surface area contributed by atoms with E-state index in [-0.39, 0.29) is 5.75 Å². The van der Waals surface area contributed by atoms with Gasteiger partial charge in [-0.05, 0) is 31.5 Å². The lowest BCUT2D eigenvalue weighted by Gasteiger charge is -2.34. The van der Waals surface area contributed by atoms with Crippen LogP contribution >= 0.6 is 0 Å². The number of quaternary nitrogens is 1. The fraction of sp³-hybridized carbons (Fsp3) is 0.467. The summed E-state index contributed by atoms with van der Waals surface area (Å²) in [6.45, 7) is 5.21. The predicted molar refractivity (Wildman–Crippen MR) is 84.4 cm³/mol. The Morgan fingerprint density at radius 3 is 2.59 bits per heavy atom. The molecule has 0 radical (unpaired) electrons. The minimum Gasteiger partial charge on any atom is -0.716 e. The quantitative estimate of drug-likeness (QED) is 0.500. The van der Waals surface area contributed by atoms with Crippen molar-refractivity contribution in [2.75, 3.05) is 20.6 Å². The van der Waals surface area contributed by atoms with E-state index in [0.29, 0.717) is 11.4 Å². The third-order valence-corrected chi connectivity index (χ3v) is 4.68. The molecular weight excluding hydrogens is 304 g/mol. The summed E-state index contributed by atoms with van der Waals surface area (Å²) in [5, 5.41) is 0.658. The summed E-state index contributed by atoms with van der Waals surface area (Å²) in [4.78, 5) is 3.10. The molecule has 0 unspecified atom stereocenters. The van der Waals surface area contributed by atoms with Crippen LogP contribution < -0.4 is 4.18 Å². The van der Waals surface area contributed by atoms with Crippen LogP contribution in [0.4, 0.5) is 0 Å². The van der Waals surface area contributed by atoms with Crippen LogP contribution in [0.15, 0.2) is 24.4 Å². The zero-order valence-electron chi connectivity index (χ0n) is 13.3. The zero-order valence-corrected chi connectivity index (χ0v) is 14.1. The van der Waals surface area contributed by atoms with E-state index in [1.807, 2.05) is 12.3 Å². The lowest BCUT2D eigenvalue weighted by molar-refractivity contribution is -0.910. The largest absolute Gasteiger partial charge is 0.716 e. The van der Waals surface area contributed by atoms with Crippen LogP contribution in [0.2, 0.25) is 0 Å². The van der Waals surface area contributed by atoms with Gasteiger partial charge in [-0.1, -0.05) is 6.07 Å². The molecule has 122 valence electrons. The van der Waals surface area contributed by atoms with E-state index >= 15 is 0 Å². The van der Waals surface area contributed by atoms with Crippen molar-refractivity contribution in [1.29, 1.82) is 0 Å². The van der Waals surface area contributed by atoms with Gasteiger partial charge in [0, 0.05) is 23.5 Å². The molecule has 0 saturated carbocycles. The Labute approximate surface area is 131 Å². The third kappa shape index (κ3) is 3.79. The van der Waals surface area contributed by atoms with Crippen molar-refractivity contribution in [2.24, 2.45) is 0 Å². The fourth-order valence-electron chi connectivity index (χ4n) is 2.26. The molecule has 0 aliphatic carbocycles. The molecule has 22 heavy (non-hydrogen) atoms. The standard InChI is InChI=1S/C15H22N2O4S/c1-11(2)17(3,4)9-8-12-10-16-13-6-5-7-14(15(12)13)21-22(18,19)20/h5-7,10-11,16H,8-9H2,1-4H3. The van der Waals surface area contributed by atoms with Crippen molar-refractivity contribution in [3.8, 4) is 5.75 Å². The van der Waals surface area contributed by atoms with Gasteiger partial charge in [0.05, 0.1) is 26.7 Å². The highest BCUT2D eigenvalue weighted by Gasteiger charge is 2.21. The highest BCUT2D eigenvalue weighted by Crippen LogP contribution is 2.30. The Kier molecular flexibility index (Phi) is 4.51. The average Bonchev–Trinajstić information content (AvgIpc) is 2.79. The Balaban J connectivity index is 2.35. The second kappa shape index (κ2) is 5.91. The van der Waals surface area contributed by atoms with Crippen LogP contribution in [-0.2, 0) is 16.8 Å².